The van der Waals surface area contributed by atoms with Gasteiger partial charge in [-0.25, -0.2) is 0 Å². The van der Waals surface area contributed by atoms with E-state index in [2.05, 4.69) is 0 Å². The molecule has 13 heavy (non-hydrogen) atoms. The van der Waals surface area contributed by atoms with E-state index < -0.39 is 10.9 Å². The van der Waals surface area contributed by atoms with Crippen LogP contribution in [-0.4, -0.2) is 35.2 Å². The van der Waals surface area contributed by atoms with Gasteiger partial charge in [0.1, 0.15) is 5.88 Å². The molecule has 0 N–H and O–H groups in total. The zero-order valence-corrected chi connectivity index (χ0v) is 9.28. The van der Waals surface area contributed by atoms with Crippen molar-refractivity contribution < 1.29 is 14.3 Å². The van der Waals surface area contributed by atoms with Gasteiger partial charge in [0.25, 0.3) is 0 Å². The predicted molar refractivity (Wildman–Crippen MR) is 53.1 cm³/mol. The largest absolute Gasteiger partial charge is 0.445 e. The summed E-state index contributed by atoms with van der Waals surface area (Å²) in [6.07, 6.45) is 0. The van der Waals surface area contributed by atoms with Gasteiger partial charge in [-0.3, -0.25) is 4.79 Å². The van der Waals surface area contributed by atoms with Crippen LogP contribution < -0.4 is 0 Å². The summed E-state index contributed by atoms with van der Waals surface area (Å²) in [6.45, 7) is 5.03. The van der Waals surface area contributed by atoms with Gasteiger partial charge in [-0.1, -0.05) is 6.92 Å². The van der Waals surface area contributed by atoms with E-state index in [1.807, 2.05) is 13.8 Å². The summed E-state index contributed by atoms with van der Waals surface area (Å²) >= 11 is 6.95. The van der Waals surface area contributed by atoms with Crippen LogP contribution in [0.2, 0.25) is 0 Å². The molecule has 5 heteroatoms. The summed E-state index contributed by atoms with van der Waals surface area (Å²) in [5.41, 5.74) is 0. The minimum atomic E-state index is -0.566. The quantitative estimate of drug-likeness (QED) is 0.528. The van der Waals surface area contributed by atoms with Gasteiger partial charge >= 0.3 is 5.97 Å². The van der Waals surface area contributed by atoms with Crippen LogP contribution in [0.5, 0.6) is 0 Å². The number of carbonyl (C=O) groups is 1. The Morgan fingerprint density at radius 2 is 2.54 bits per heavy atom. The molecule has 1 saturated heterocycles. The monoisotopic (exact) mass is 224 g/mol. The van der Waals surface area contributed by atoms with Gasteiger partial charge < -0.3 is 9.47 Å². The first-order valence-electron chi connectivity index (χ1n) is 4.09. The molecule has 1 rings (SSSR count). The highest BCUT2D eigenvalue weighted by Crippen LogP contribution is 2.34. The minimum Gasteiger partial charge on any atom is -0.445 e. The molecule has 0 saturated carbocycles. The Morgan fingerprint density at radius 3 is 3.08 bits per heavy atom. The lowest BCUT2D eigenvalue weighted by atomic mass is 10.4. The number of hydrogen-bond acceptors (Lipinski definition) is 4. The van der Waals surface area contributed by atoms with Gasteiger partial charge in [0.2, 0.25) is 0 Å². The fourth-order valence-electron chi connectivity index (χ4n) is 1.23. The third kappa shape index (κ3) is 3.37. The van der Waals surface area contributed by atoms with Crippen molar-refractivity contribution in [3.05, 3.63) is 0 Å². The molecule has 0 aromatic heterocycles. The number of ether oxygens (including phenoxy) is 2. The molecule has 2 atom stereocenters. The van der Waals surface area contributed by atoms with Gasteiger partial charge in [-0.05, 0) is 6.92 Å². The smallest absolute Gasteiger partial charge is 0.322 e. The number of halogens is 1. The van der Waals surface area contributed by atoms with Gasteiger partial charge in [0.15, 0.2) is 4.93 Å². The van der Waals surface area contributed by atoms with E-state index in [0.29, 0.717) is 18.5 Å². The topological polar surface area (TPSA) is 35.5 Å². The van der Waals surface area contributed by atoms with Crippen molar-refractivity contribution in [2.75, 3.05) is 19.1 Å². The van der Waals surface area contributed by atoms with Crippen LogP contribution in [0.1, 0.15) is 13.8 Å². The van der Waals surface area contributed by atoms with Crippen molar-refractivity contribution in [1.82, 2.24) is 0 Å². The molecular weight excluding hydrogens is 212 g/mol. The molecule has 0 spiro atoms. The second-order valence-electron chi connectivity index (χ2n) is 3.19. The first-order valence-corrected chi connectivity index (χ1v) is 5.50. The SMILES string of the molecule is CC1COCC(C)(OC(=O)CCl)S1. The normalized spacial score (nSPS) is 34.2. The first kappa shape index (κ1) is 11.1. The number of rotatable bonds is 2. The number of alkyl halides is 1. The third-order valence-corrected chi connectivity index (χ3v) is 3.06. The molecule has 0 aliphatic carbocycles. The molecule has 2 unspecified atom stereocenters. The van der Waals surface area contributed by atoms with Gasteiger partial charge in [0, 0.05) is 5.25 Å². The molecule has 0 aromatic rings. The van der Waals surface area contributed by atoms with E-state index in [4.69, 9.17) is 21.1 Å². The van der Waals surface area contributed by atoms with Crippen LogP contribution in [0.4, 0.5) is 0 Å². The summed E-state index contributed by atoms with van der Waals surface area (Å²) in [5.74, 6) is -0.501. The number of carbonyl (C=O) groups excluding carboxylic acids is 1. The molecule has 76 valence electrons. The van der Waals surface area contributed by atoms with Crippen LogP contribution >= 0.6 is 23.4 Å². The summed E-state index contributed by atoms with van der Waals surface area (Å²) in [5, 5.41) is 0.349. The minimum absolute atomic E-state index is 0.107. The second-order valence-corrected chi connectivity index (χ2v) is 5.36. The Morgan fingerprint density at radius 1 is 1.85 bits per heavy atom. The van der Waals surface area contributed by atoms with E-state index in [-0.39, 0.29) is 5.88 Å². The number of thioether (sulfide) groups is 1. The third-order valence-electron chi connectivity index (χ3n) is 1.61. The van der Waals surface area contributed by atoms with Crippen molar-refractivity contribution >= 4 is 29.3 Å². The Bertz CT molecular complexity index is 200. The lowest BCUT2D eigenvalue weighted by Gasteiger charge is -2.35. The van der Waals surface area contributed by atoms with E-state index in [0.717, 1.165) is 0 Å². The summed E-state index contributed by atoms with van der Waals surface area (Å²) in [6, 6.07) is 0. The Hall–Kier alpha value is 0.0700. The highest BCUT2D eigenvalue weighted by molar-refractivity contribution is 8.01. The van der Waals surface area contributed by atoms with E-state index in [1.165, 1.54) is 0 Å². The molecule has 0 aromatic carbocycles. The maximum absolute atomic E-state index is 11.0. The van der Waals surface area contributed by atoms with E-state index >= 15 is 0 Å². The maximum atomic E-state index is 11.0. The Balaban J connectivity index is 2.49. The predicted octanol–water partition coefficient (Wildman–Crippen LogP) is 1.64. The summed E-state index contributed by atoms with van der Waals surface area (Å²) < 4.78 is 10.5. The Kier molecular flexibility index (Phi) is 3.88. The highest BCUT2D eigenvalue weighted by atomic mass is 35.5. The molecule has 3 nitrogen and oxygen atoms in total. The molecule has 1 heterocycles. The lowest BCUT2D eigenvalue weighted by Crippen LogP contribution is -2.40. The van der Waals surface area contributed by atoms with Gasteiger partial charge in [-0.2, -0.15) is 0 Å². The van der Waals surface area contributed by atoms with Crippen molar-refractivity contribution in [3.8, 4) is 0 Å². The highest BCUT2D eigenvalue weighted by Gasteiger charge is 2.35. The van der Waals surface area contributed by atoms with Crippen LogP contribution in [0.3, 0.4) is 0 Å². The van der Waals surface area contributed by atoms with Crippen molar-refractivity contribution in [2.24, 2.45) is 0 Å². The first-order chi connectivity index (χ1) is 6.06. The van der Waals surface area contributed by atoms with E-state index in [1.54, 1.807) is 11.8 Å². The van der Waals surface area contributed by atoms with E-state index in [9.17, 15) is 4.79 Å². The average molecular weight is 225 g/mol. The van der Waals surface area contributed by atoms with Crippen LogP contribution in [0.15, 0.2) is 0 Å². The van der Waals surface area contributed by atoms with Crippen LogP contribution in [0.25, 0.3) is 0 Å². The zero-order valence-electron chi connectivity index (χ0n) is 7.71. The maximum Gasteiger partial charge on any atom is 0.322 e. The lowest BCUT2D eigenvalue weighted by molar-refractivity contribution is -0.151. The van der Waals surface area contributed by atoms with Gasteiger partial charge in [0.05, 0.1) is 13.2 Å². The molecule has 0 bridgehead atoms. The fraction of sp³-hybridized carbons (Fsp3) is 0.875. The molecule has 1 aliphatic heterocycles. The molecule has 1 fully saturated rings. The van der Waals surface area contributed by atoms with Crippen LogP contribution in [-0.2, 0) is 14.3 Å². The Labute approximate surface area is 87.1 Å². The number of hydrogen-bond donors (Lipinski definition) is 0. The van der Waals surface area contributed by atoms with Gasteiger partial charge in [-0.15, -0.1) is 23.4 Å². The van der Waals surface area contributed by atoms with Crippen molar-refractivity contribution in [2.45, 2.75) is 24.0 Å². The zero-order chi connectivity index (χ0) is 9.90. The fourth-order valence-corrected chi connectivity index (χ4v) is 2.59. The average Bonchev–Trinajstić information content (AvgIpc) is 2.02. The standard InChI is InChI=1S/C8H13ClO3S/c1-6-4-11-5-8(2,13-6)12-7(10)3-9/h6H,3-5H2,1-2H3. The molecule has 1 aliphatic rings. The number of esters is 1. The van der Waals surface area contributed by atoms with Crippen molar-refractivity contribution in [1.29, 1.82) is 0 Å². The second kappa shape index (κ2) is 4.53. The summed E-state index contributed by atoms with van der Waals surface area (Å²) in [7, 11) is 0. The molecule has 0 amide bonds. The van der Waals surface area contributed by atoms with Crippen molar-refractivity contribution in [3.63, 3.8) is 0 Å². The molecule has 0 radical (unpaired) electrons. The van der Waals surface area contributed by atoms with Crippen LogP contribution in [0, 0.1) is 0 Å². The molecular formula is C8H13ClO3S. The summed E-state index contributed by atoms with van der Waals surface area (Å²) in [4.78, 5) is 10.4.